The standard InChI is InChI=1S/C21H34N4O3/c1-4-28-20(26)11-8-12-23-21(22-2)24-16-19(25-13-5-6-14-25)17-9-7-10-18(15-17)27-3/h7,9-10,15,19H,4-6,8,11-14,16H2,1-3H3,(H2,22,23,24). The van der Waals surface area contributed by atoms with Gasteiger partial charge in [0.2, 0.25) is 0 Å². The first-order valence-corrected chi connectivity index (χ1v) is 10.2. The van der Waals surface area contributed by atoms with Crippen LogP contribution in [0.25, 0.3) is 0 Å². The summed E-state index contributed by atoms with van der Waals surface area (Å²) in [6.07, 6.45) is 3.60. The molecular weight excluding hydrogens is 356 g/mol. The number of rotatable bonds is 10. The van der Waals surface area contributed by atoms with Crippen LogP contribution >= 0.6 is 0 Å². The maximum absolute atomic E-state index is 11.4. The molecule has 1 aromatic rings. The number of benzene rings is 1. The summed E-state index contributed by atoms with van der Waals surface area (Å²) in [5.74, 6) is 1.47. The van der Waals surface area contributed by atoms with Crippen LogP contribution in [0.5, 0.6) is 5.75 Å². The van der Waals surface area contributed by atoms with Gasteiger partial charge >= 0.3 is 5.97 Å². The number of ether oxygens (including phenoxy) is 2. The molecule has 156 valence electrons. The highest BCUT2D eigenvalue weighted by atomic mass is 16.5. The molecule has 1 saturated heterocycles. The summed E-state index contributed by atoms with van der Waals surface area (Å²) in [6.45, 7) is 5.89. The van der Waals surface area contributed by atoms with Gasteiger partial charge in [-0.2, -0.15) is 0 Å². The first kappa shape index (κ1) is 22.0. The Morgan fingerprint density at radius 1 is 1.29 bits per heavy atom. The highest BCUT2D eigenvalue weighted by molar-refractivity contribution is 5.79. The lowest BCUT2D eigenvalue weighted by Crippen LogP contribution is -2.43. The zero-order chi connectivity index (χ0) is 20.2. The third kappa shape index (κ3) is 7.03. The number of hydrogen-bond acceptors (Lipinski definition) is 5. The predicted molar refractivity (Wildman–Crippen MR) is 112 cm³/mol. The average molecular weight is 391 g/mol. The van der Waals surface area contributed by atoms with E-state index in [4.69, 9.17) is 9.47 Å². The molecular formula is C21H34N4O3. The summed E-state index contributed by atoms with van der Waals surface area (Å²) >= 11 is 0. The summed E-state index contributed by atoms with van der Waals surface area (Å²) in [5.41, 5.74) is 1.24. The van der Waals surface area contributed by atoms with Gasteiger partial charge < -0.3 is 20.1 Å². The summed E-state index contributed by atoms with van der Waals surface area (Å²) in [5, 5.41) is 6.71. The van der Waals surface area contributed by atoms with E-state index in [1.165, 1.54) is 18.4 Å². The van der Waals surface area contributed by atoms with Gasteiger partial charge in [-0.15, -0.1) is 0 Å². The Hall–Kier alpha value is -2.28. The summed E-state index contributed by atoms with van der Waals surface area (Å²) < 4.78 is 10.4. The average Bonchev–Trinajstić information content (AvgIpc) is 3.24. The second kappa shape index (κ2) is 12.2. The summed E-state index contributed by atoms with van der Waals surface area (Å²) in [4.78, 5) is 18.2. The third-order valence-electron chi connectivity index (χ3n) is 4.90. The predicted octanol–water partition coefficient (Wildman–Crippen LogP) is 2.34. The maximum atomic E-state index is 11.4. The van der Waals surface area contributed by atoms with E-state index >= 15 is 0 Å². The van der Waals surface area contributed by atoms with E-state index in [-0.39, 0.29) is 12.0 Å². The van der Waals surface area contributed by atoms with Crippen LogP contribution in [0, 0.1) is 0 Å². The van der Waals surface area contributed by atoms with Gasteiger partial charge in [0.25, 0.3) is 0 Å². The number of esters is 1. The smallest absolute Gasteiger partial charge is 0.305 e. The van der Waals surface area contributed by atoms with Crippen molar-refractivity contribution in [1.82, 2.24) is 15.5 Å². The molecule has 1 unspecified atom stereocenters. The van der Waals surface area contributed by atoms with E-state index in [2.05, 4.69) is 32.7 Å². The van der Waals surface area contributed by atoms with Crippen LogP contribution in [0.1, 0.15) is 44.2 Å². The first-order valence-electron chi connectivity index (χ1n) is 10.2. The zero-order valence-electron chi connectivity index (χ0n) is 17.4. The van der Waals surface area contributed by atoms with E-state index in [0.29, 0.717) is 26.0 Å². The molecule has 0 aliphatic carbocycles. The van der Waals surface area contributed by atoms with E-state index in [1.807, 2.05) is 19.1 Å². The van der Waals surface area contributed by atoms with Gasteiger partial charge in [-0.05, 0) is 57.0 Å². The molecule has 0 bridgehead atoms. The van der Waals surface area contributed by atoms with Crippen LogP contribution in [-0.2, 0) is 9.53 Å². The first-order chi connectivity index (χ1) is 13.7. The zero-order valence-corrected chi connectivity index (χ0v) is 17.4. The fourth-order valence-corrected chi connectivity index (χ4v) is 3.45. The van der Waals surface area contributed by atoms with Crippen LogP contribution in [0.4, 0.5) is 0 Å². The lowest BCUT2D eigenvalue weighted by molar-refractivity contribution is -0.143. The molecule has 1 heterocycles. The Labute approximate surface area is 168 Å². The summed E-state index contributed by atoms with van der Waals surface area (Å²) in [6, 6.07) is 8.54. The number of carbonyl (C=O) groups excluding carboxylic acids is 1. The SMILES string of the molecule is CCOC(=O)CCCNC(=NC)NCC(c1cccc(OC)c1)N1CCCC1. The van der Waals surface area contributed by atoms with Crippen molar-refractivity contribution in [3.8, 4) is 5.75 Å². The van der Waals surface area contributed by atoms with Gasteiger partial charge in [0.05, 0.1) is 19.8 Å². The number of nitrogens with one attached hydrogen (secondary N) is 2. The van der Waals surface area contributed by atoms with Crippen LogP contribution < -0.4 is 15.4 Å². The van der Waals surface area contributed by atoms with Crippen molar-refractivity contribution in [2.24, 2.45) is 4.99 Å². The Kier molecular flexibility index (Phi) is 9.62. The molecule has 0 aromatic heterocycles. The van der Waals surface area contributed by atoms with Gasteiger partial charge in [-0.25, -0.2) is 0 Å². The topological polar surface area (TPSA) is 75.2 Å². The minimum absolute atomic E-state index is 0.153. The molecule has 2 rings (SSSR count). The number of nitrogens with zero attached hydrogens (tertiary/aromatic N) is 2. The molecule has 7 nitrogen and oxygen atoms in total. The van der Waals surface area contributed by atoms with Gasteiger partial charge in [0, 0.05) is 26.6 Å². The lowest BCUT2D eigenvalue weighted by atomic mass is 10.1. The maximum Gasteiger partial charge on any atom is 0.305 e. The molecule has 1 fully saturated rings. The van der Waals surface area contributed by atoms with Gasteiger partial charge in [-0.3, -0.25) is 14.7 Å². The molecule has 1 aromatic carbocycles. The van der Waals surface area contributed by atoms with Crippen LogP contribution in [0.3, 0.4) is 0 Å². The minimum atomic E-state index is -0.153. The molecule has 2 N–H and O–H groups in total. The molecule has 0 saturated carbocycles. The molecule has 1 aliphatic heterocycles. The fourth-order valence-electron chi connectivity index (χ4n) is 3.45. The molecule has 0 spiro atoms. The van der Waals surface area contributed by atoms with E-state index in [1.54, 1.807) is 14.2 Å². The number of guanidine groups is 1. The van der Waals surface area contributed by atoms with Crippen molar-refractivity contribution in [3.63, 3.8) is 0 Å². The number of aliphatic imine (C=N–C) groups is 1. The highest BCUT2D eigenvalue weighted by Gasteiger charge is 2.24. The molecule has 0 amide bonds. The number of hydrogen-bond donors (Lipinski definition) is 2. The third-order valence-corrected chi connectivity index (χ3v) is 4.90. The van der Waals surface area contributed by atoms with Crippen LogP contribution in [0.15, 0.2) is 29.3 Å². The van der Waals surface area contributed by atoms with Gasteiger partial charge in [-0.1, -0.05) is 12.1 Å². The van der Waals surface area contributed by atoms with Crippen LogP contribution in [-0.4, -0.2) is 63.8 Å². The van der Waals surface area contributed by atoms with Gasteiger partial charge in [0.15, 0.2) is 5.96 Å². The molecule has 7 heteroatoms. The molecule has 1 atom stereocenters. The largest absolute Gasteiger partial charge is 0.497 e. The van der Waals surface area contributed by atoms with E-state index in [0.717, 1.165) is 31.3 Å². The number of methoxy groups -OCH3 is 1. The molecule has 28 heavy (non-hydrogen) atoms. The Balaban J connectivity index is 1.89. The summed E-state index contributed by atoms with van der Waals surface area (Å²) in [7, 11) is 3.46. The molecule has 1 aliphatic rings. The minimum Gasteiger partial charge on any atom is -0.497 e. The van der Waals surface area contributed by atoms with Crippen molar-refractivity contribution in [1.29, 1.82) is 0 Å². The van der Waals surface area contributed by atoms with Crippen molar-refractivity contribution < 1.29 is 14.3 Å². The van der Waals surface area contributed by atoms with Crippen molar-refractivity contribution >= 4 is 11.9 Å². The van der Waals surface area contributed by atoms with Crippen molar-refractivity contribution in [2.45, 2.75) is 38.6 Å². The van der Waals surface area contributed by atoms with Crippen LogP contribution in [0.2, 0.25) is 0 Å². The lowest BCUT2D eigenvalue weighted by Gasteiger charge is -2.29. The molecule has 0 radical (unpaired) electrons. The fraction of sp³-hybridized carbons (Fsp3) is 0.619. The number of carbonyl (C=O) groups is 1. The second-order valence-electron chi connectivity index (χ2n) is 6.82. The van der Waals surface area contributed by atoms with E-state index in [9.17, 15) is 4.79 Å². The monoisotopic (exact) mass is 390 g/mol. The Morgan fingerprint density at radius 2 is 2.07 bits per heavy atom. The second-order valence-corrected chi connectivity index (χ2v) is 6.82. The quantitative estimate of drug-likeness (QED) is 0.276. The van der Waals surface area contributed by atoms with Crippen molar-refractivity contribution in [2.75, 3.05) is 46.9 Å². The normalized spacial score (nSPS) is 15.9. The van der Waals surface area contributed by atoms with Gasteiger partial charge in [0.1, 0.15) is 5.75 Å². The number of likely N-dealkylation sites (tertiary alicyclic amines) is 1. The highest BCUT2D eigenvalue weighted by Crippen LogP contribution is 2.27. The Morgan fingerprint density at radius 3 is 2.75 bits per heavy atom. The van der Waals surface area contributed by atoms with Crippen molar-refractivity contribution in [3.05, 3.63) is 29.8 Å². The van der Waals surface area contributed by atoms with E-state index < -0.39 is 0 Å². The Bertz CT molecular complexity index is 630.